The highest BCUT2D eigenvalue weighted by Crippen LogP contribution is 2.33. The predicted octanol–water partition coefficient (Wildman–Crippen LogP) is 6.29. The normalized spacial score (nSPS) is 11.1. The molecule has 0 aliphatic carbocycles. The van der Waals surface area contributed by atoms with Crippen molar-refractivity contribution in [2.45, 2.75) is 13.5 Å². The van der Waals surface area contributed by atoms with Gasteiger partial charge in [0.25, 0.3) is 5.91 Å². The Morgan fingerprint density at radius 1 is 1.03 bits per heavy atom. The van der Waals surface area contributed by atoms with Crippen molar-refractivity contribution in [2.24, 2.45) is 0 Å². The number of amides is 1. The molecule has 0 saturated heterocycles. The van der Waals surface area contributed by atoms with Gasteiger partial charge in [0.1, 0.15) is 0 Å². The second-order valence-corrected chi connectivity index (χ2v) is 8.82. The predicted molar refractivity (Wildman–Crippen MR) is 130 cm³/mol. The minimum absolute atomic E-state index is 0.140. The van der Waals surface area contributed by atoms with Gasteiger partial charge in [0.05, 0.1) is 39.9 Å². The smallest absolute Gasteiger partial charge is 0.263 e. The molecule has 0 spiro atoms. The molecule has 0 saturated carbocycles. The van der Waals surface area contributed by atoms with Gasteiger partial charge in [0, 0.05) is 5.02 Å². The van der Waals surface area contributed by atoms with E-state index in [-0.39, 0.29) is 5.91 Å². The largest absolute Gasteiger partial charge is 0.279 e. The van der Waals surface area contributed by atoms with E-state index in [0.29, 0.717) is 22.3 Å². The first kappa shape index (κ1) is 20.4. The van der Waals surface area contributed by atoms with Crippen LogP contribution >= 0.6 is 22.9 Å². The van der Waals surface area contributed by atoms with Crippen LogP contribution in [0.3, 0.4) is 0 Å². The van der Waals surface area contributed by atoms with Crippen molar-refractivity contribution < 1.29 is 4.79 Å². The number of carbonyl (C=O) groups excluding carboxylic acids is 1. The summed E-state index contributed by atoms with van der Waals surface area (Å²) in [5.74, 6) is -0.140. The standard InChI is InChI=1S/C25H19ClN4OS/c1-17-21(15-27-30(17)20-10-6-3-7-11-20)24(31)29(16-18-8-4-2-5-9-18)25-28-22-13-12-19(26)14-23(22)32-25/h2-15H,16H2,1H3. The van der Waals surface area contributed by atoms with Gasteiger partial charge in [-0.05, 0) is 42.8 Å². The molecule has 7 heteroatoms. The van der Waals surface area contributed by atoms with Gasteiger partial charge in [-0.1, -0.05) is 71.5 Å². The minimum Gasteiger partial charge on any atom is -0.279 e. The average Bonchev–Trinajstić information content (AvgIpc) is 3.41. The molecule has 0 radical (unpaired) electrons. The zero-order valence-electron chi connectivity index (χ0n) is 17.3. The summed E-state index contributed by atoms with van der Waals surface area (Å²) in [5, 5.41) is 5.75. The fraction of sp³-hybridized carbons (Fsp3) is 0.0800. The quantitative estimate of drug-likeness (QED) is 0.311. The number of thiazole rings is 1. The maximum absolute atomic E-state index is 13.8. The molecular weight excluding hydrogens is 440 g/mol. The topological polar surface area (TPSA) is 51.0 Å². The van der Waals surface area contributed by atoms with Crippen molar-refractivity contribution in [3.63, 3.8) is 0 Å². The van der Waals surface area contributed by atoms with E-state index in [1.54, 1.807) is 15.8 Å². The Hall–Kier alpha value is -3.48. The molecule has 0 bridgehead atoms. The molecule has 0 aliphatic rings. The van der Waals surface area contributed by atoms with Gasteiger partial charge in [0.2, 0.25) is 0 Å². The van der Waals surface area contributed by atoms with Crippen molar-refractivity contribution in [3.05, 3.63) is 107 Å². The van der Waals surface area contributed by atoms with E-state index < -0.39 is 0 Å². The number of anilines is 1. The first-order valence-electron chi connectivity index (χ1n) is 10.1. The highest BCUT2D eigenvalue weighted by Gasteiger charge is 2.25. The van der Waals surface area contributed by atoms with Gasteiger partial charge >= 0.3 is 0 Å². The molecule has 0 N–H and O–H groups in total. The number of hydrogen-bond donors (Lipinski definition) is 0. The van der Waals surface area contributed by atoms with Crippen LogP contribution in [-0.2, 0) is 6.54 Å². The van der Waals surface area contributed by atoms with Crippen LogP contribution in [0.1, 0.15) is 21.6 Å². The lowest BCUT2D eigenvalue weighted by Gasteiger charge is -2.20. The number of aromatic nitrogens is 3. The lowest BCUT2D eigenvalue weighted by atomic mass is 10.2. The lowest BCUT2D eigenvalue weighted by molar-refractivity contribution is 0.0984. The van der Waals surface area contributed by atoms with Crippen LogP contribution < -0.4 is 4.90 Å². The van der Waals surface area contributed by atoms with Crippen molar-refractivity contribution in [1.82, 2.24) is 14.8 Å². The van der Waals surface area contributed by atoms with Gasteiger partial charge in [-0.25, -0.2) is 9.67 Å². The van der Waals surface area contributed by atoms with E-state index in [1.807, 2.05) is 85.8 Å². The van der Waals surface area contributed by atoms with Crippen molar-refractivity contribution >= 4 is 44.2 Å². The van der Waals surface area contributed by atoms with Crippen LogP contribution in [0.4, 0.5) is 5.13 Å². The number of rotatable bonds is 5. The zero-order chi connectivity index (χ0) is 22.1. The minimum atomic E-state index is -0.140. The lowest BCUT2D eigenvalue weighted by Crippen LogP contribution is -2.30. The third kappa shape index (κ3) is 3.90. The van der Waals surface area contributed by atoms with Crippen LogP contribution in [0.15, 0.2) is 85.1 Å². The first-order valence-corrected chi connectivity index (χ1v) is 11.3. The Morgan fingerprint density at radius 2 is 1.75 bits per heavy atom. The number of hydrogen-bond acceptors (Lipinski definition) is 4. The summed E-state index contributed by atoms with van der Waals surface area (Å²) in [7, 11) is 0. The summed E-state index contributed by atoms with van der Waals surface area (Å²) in [6.45, 7) is 2.31. The van der Waals surface area contributed by atoms with E-state index in [2.05, 4.69) is 5.10 Å². The number of carbonyl (C=O) groups is 1. The SMILES string of the molecule is Cc1c(C(=O)N(Cc2ccccc2)c2nc3ccc(Cl)cc3s2)cnn1-c1ccccc1. The summed E-state index contributed by atoms with van der Waals surface area (Å²) in [6.07, 6.45) is 1.63. The van der Waals surface area contributed by atoms with E-state index >= 15 is 0 Å². The summed E-state index contributed by atoms with van der Waals surface area (Å²) < 4.78 is 2.72. The van der Waals surface area contributed by atoms with E-state index in [9.17, 15) is 4.79 Å². The number of para-hydroxylation sites is 1. The first-order chi connectivity index (χ1) is 15.6. The highest BCUT2D eigenvalue weighted by molar-refractivity contribution is 7.22. The van der Waals surface area contributed by atoms with Gasteiger partial charge in [0.15, 0.2) is 5.13 Å². The van der Waals surface area contributed by atoms with Gasteiger partial charge in [-0.2, -0.15) is 5.10 Å². The Bertz CT molecular complexity index is 1400. The van der Waals surface area contributed by atoms with Crippen LogP contribution in [0.2, 0.25) is 5.02 Å². The second kappa shape index (κ2) is 8.57. The summed E-state index contributed by atoms with van der Waals surface area (Å²) in [4.78, 5) is 20.2. The van der Waals surface area contributed by atoms with Crippen LogP contribution in [0, 0.1) is 6.92 Å². The molecule has 158 valence electrons. The monoisotopic (exact) mass is 458 g/mol. The van der Waals surface area contributed by atoms with Crippen molar-refractivity contribution in [2.75, 3.05) is 4.90 Å². The van der Waals surface area contributed by atoms with E-state index in [1.165, 1.54) is 11.3 Å². The molecule has 0 fully saturated rings. The van der Waals surface area contributed by atoms with Gasteiger partial charge in [-0.3, -0.25) is 9.69 Å². The van der Waals surface area contributed by atoms with Crippen LogP contribution in [-0.4, -0.2) is 20.7 Å². The van der Waals surface area contributed by atoms with Crippen molar-refractivity contribution in [1.29, 1.82) is 0 Å². The van der Waals surface area contributed by atoms with Crippen LogP contribution in [0.25, 0.3) is 15.9 Å². The maximum atomic E-state index is 13.8. The molecule has 0 unspecified atom stereocenters. The third-order valence-corrected chi connectivity index (χ3v) is 6.52. The highest BCUT2D eigenvalue weighted by atomic mass is 35.5. The maximum Gasteiger partial charge on any atom is 0.263 e. The van der Waals surface area contributed by atoms with E-state index in [4.69, 9.17) is 16.6 Å². The Labute approximate surface area is 194 Å². The molecule has 32 heavy (non-hydrogen) atoms. The fourth-order valence-electron chi connectivity index (χ4n) is 3.59. The van der Waals surface area contributed by atoms with E-state index in [0.717, 1.165) is 27.2 Å². The number of benzene rings is 3. The summed E-state index contributed by atoms with van der Waals surface area (Å²) in [5.41, 5.74) is 4.07. The Morgan fingerprint density at radius 3 is 2.50 bits per heavy atom. The zero-order valence-corrected chi connectivity index (χ0v) is 18.8. The molecule has 2 heterocycles. The number of halogens is 1. The molecular formula is C25H19ClN4OS. The summed E-state index contributed by atoms with van der Waals surface area (Å²) in [6, 6.07) is 25.3. The molecule has 2 aromatic heterocycles. The molecule has 5 rings (SSSR count). The molecule has 3 aromatic carbocycles. The Balaban J connectivity index is 1.57. The molecule has 5 aromatic rings. The third-order valence-electron chi connectivity index (χ3n) is 5.24. The molecule has 0 atom stereocenters. The van der Waals surface area contributed by atoms with Gasteiger partial charge < -0.3 is 0 Å². The van der Waals surface area contributed by atoms with Crippen molar-refractivity contribution in [3.8, 4) is 5.69 Å². The summed E-state index contributed by atoms with van der Waals surface area (Å²) >= 11 is 7.62. The fourth-order valence-corrected chi connectivity index (χ4v) is 4.83. The number of nitrogens with zero attached hydrogens (tertiary/aromatic N) is 4. The molecule has 5 nitrogen and oxygen atoms in total. The second-order valence-electron chi connectivity index (χ2n) is 7.38. The Kier molecular flexibility index (Phi) is 5.47. The number of fused-ring (bicyclic) bond motifs is 1. The van der Waals surface area contributed by atoms with Gasteiger partial charge in [-0.15, -0.1) is 0 Å². The molecule has 0 aliphatic heterocycles. The average molecular weight is 459 g/mol. The van der Waals surface area contributed by atoms with Crippen LogP contribution in [0.5, 0.6) is 0 Å². The molecule has 1 amide bonds.